The Morgan fingerprint density at radius 3 is 2.91 bits per heavy atom. The minimum atomic E-state index is -0.524. The van der Waals surface area contributed by atoms with E-state index in [9.17, 15) is 9.59 Å². The summed E-state index contributed by atoms with van der Waals surface area (Å²) in [6, 6.07) is 10.3. The lowest BCUT2D eigenvalue weighted by atomic mass is 10.2. The molecule has 1 aromatic carbocycles. The summed E-state index contributed by atoms with van der Waals surface area (Å²) in [6.45, 7) is 3.50. The molecule has 1 atom stereocenters. The summed E-state index contributed by atoms with van der Waals surface area (Å²) >= 11 is 0. The van der Waals surface area contributed by atoms with Crippen LogP contribution in [0.1, 0.15) is 23.1 Å². The number of hydrogen-bond donors (Lipinski definition) is 2. The molecule has 112 valence electrons. The third-order valence-electron chi connectivity index (χ3n) is 3.29. The van der Waals surface area contributed by atoms with Crippen LogP contribution in [0.2, 0.25) is 0 Å². The Morgan fingerprint density at radius 2 is 2.14 bits per heavy atom. The van der Waals surface area contributed by atoms with Gasteiger partial charge in [-0.15, -0.1) is 0 Å². The first kappa shape index (κ1) is 14.1. The number of nitrogens with zero attached hydrogens (tertiary/aromatic N) is 1. The maximum Gasteiger partial charge on any atom is 0.274 e. The predicted molar refractivity (Wildman–Crippen MR) is 82.1 cm³/mol. The van der Waals surface area contributed by atoms with Crippen molar-refractivity contribution in [3.8, 4) is 5.75 Å². The first-order valence-electron chi connectivity index (χ1n) is 6.89. The Bertz CT molecular complexity index is 758. The molecule has 3 rings (SSSR count). The lowest BCUT2D eigenvalue weighted by Gasteiger charge is -2.23. The maximum atomic E-state index is 12.2. The minimum absolute atomic E-state index is 0.212. The molecule has 2 heterocycles. The van der Waals surface area contributed by atoms with Crippen molar-refractivity contribution >= 4 is 23.2 Å². The van der Waals surface area contributed by atoms with Crippen molar-refractivity contribution in [2.75, 3.05) is 10.6 Å². The number of nitrogens with one attached hydrogen (secondary N) is 2. The van der Waals surface area contributed by atoms with Gasteiger partial charge in [0.05, 0.1) is 5.69 Å². The van der Waals surface area contributed by atoms with Crippen LogP contribution in [0.15, 0.2) is 36.4 Å². The molecule has 0 saturated carbocycles. The van der Waals surface area contributed by atoms with Crippen molar-refractivity contribution in [2.24, 2.45) is 0 Å². The van der Waals surface area contributed by atoms with Gasteiger partial charge in [-0.3, -0.25) is 9.59 Å². The van der Waals surface area contributed by atoms with Crippen LogP contribution >= 0.6 is 0 Å². The fourth-order valence-corrected chi connectivity index (χ4v) is 2.15. The topological polar surface area (TPSA) is 80.3 Å². The van der Waals surface area contributed by atoms with Crippen molar-refractivity contribution in [3.05, 3.63) is 47.8 Å². The second-order valence-corrected chi connectivity index (χ2v) is 5.08. The lowest BCUT2D eigenvalue weighted by Crippen LogP contribution is -2.34. The molecule has 6 nitrogen and oxygen atoms in total. The Morgan fingerprint density at radius 1 is 1.32 bits per heavy atom. The number of anilines is 2. The number of aryl methyl sites for hydroxylation is 1. The molecule has 2 amide bonds. The number of fused-ring (bicyclic) bond motifs is 1. The average Bonchev–Trinajstić information content (AvgIpc) is 2.49. The molecule has 0 spiro atoms. The van der Waals surface area contributed by atoms with Crippen LogP contribution in [0, 0.1) is 6.92 Å². The number of carbonyl (C=O) groups is 2. The molecule has 0 radical (unpaired) electrons. The molecule has 1 aromatic heterocycles. The van der Waals surface area contributed by atoms with Crippen LogP contribution < -0.4 is 15.4 Å². The number of carbonyl (C=O) groups excluding carboxylic acids is 2. The largest absolute Gasteiger partial charge is 0.479 e. The van der Waals surface area contributed by atoms with Crippen LogP contribution in [0.5, 0.6) is 5.75 Å². The molecule has 0 bridgehead atoms. The van der Waals surface area contributed by atoms with E-state index >= 15 is 0 Å². The van der Waals surface area contributed by atoms with Gasteiger partial charge in [0.1, 0.15) is 11.4 Å². The first-order chi connectivity index (χ1) is 10.5. The smallest absolute Gasteiger partial charge is 0.274 e. The third kappa shape index (κ3) is 2.76. The van der Waals surface area contributed by atoms with E-state index in [0.717, 1.165) is 5.69 Å². The zero-order chi connectivity index (χ0) is 15.7. The van der Waals surface area contributed by atoms with E-state index in [4.69, 9.17) is 4.74 Å². The van der Waals surface area contributed by atoms with E-state index in [1.807, 2.05) is 13.0 Å². The van der Waals surface area contributed by atoms with E-state index in [-0.39, 0.29) is 11.8 Å². The summed E-state index contributed by atoms with van der Waals surface area (Å²) in [5, 5.41) is 5.49. The monoisotopic (exact) mass is 297 g/mol. The van der Waals surface area contributed by atoms with E-state index in [1.165, 1.54) is 0 Å². The lowest BCUT2D eigenvalue weighted by molar-refractivity contribution is -0.122. The van der Waals surface area contributed by atoms with Gasteiger partial charge in [0.25, 0.3) is 11.8 Å². The molecule has 0 aliphatic carbocycles. The van der Waals surface area contributed by atoms with E-state index in [0.29, 0.717) is 22.8 Å². The molecular formula is C16H15N3O3. The van der Waals surface area contributed by atoms with Gasteiger partial charge in [0, 0.05) is 11.4 Å². The summed E-state index contributed by atoms with van der Waals surface area (Å²) in [5.41, 5.74) is 2.21. The van der Waals surface area contributed by atoms with E-state index < -0.39 is 6.10 Å². The summed E-state index contributed by atoms with van der Waals surface area (Å²) in [5.74, 6) is 0.0650. The molecule has 0 saturated heterocycles. The van der Waals surface area contributed by atoms with Gasteiger partial charge in [-0.25, -0.2) is 4.98 Å². The Kier molecular flexibility index (Phi) is 3.50. The normalized spacial score (nSPS) is 16.3. The quantitative estimate of drug-likeness (QED) is 0.891. The highest BCUT2D eigenvalue weighted by atomic mass is 16.5. The van der Waals surface area contributed by atoms with Crippen molar-refractivity contribution in [2.45, 2.75) is 20.0 Å². The highest BCUT2D eigenvalue weighted by molar-refractivity contribution is 6.04. The summed E-state index contributed by atoms with van der Waals surface area (Å²) in [4.78, 5) is 27.9. The summed E-state index contributed by atoms with van der Waals surface area (Å²) in [6.07, 6.45) is -0.524. The Labute approximate surface area is 127 Å². The number of aromatic nitrogens is 1. The van der Waals surface area contributed by atoms with Gasteiger partial charge in [0.15, 0.2) is 6.10 Å². The first-order valence-corrected chi connectivity index (χ1v) is 6.89. The zero-order valence-corrected chi connectivity index (χ0v) is 12.2. The zero-order valence-electron chi connectivity index (χ0n) is 12.2. The van der Waals surface area contributed by atoms with Crippen LogP contribution in [-0.2, 0) is 4.79 Å². The number of hydrogen-bond acceptors (Lipinski definition) is 4. The average molecular weight is 297 g/mol. The van der Waals surface area contributed by atoms with Crippen LogP contribution in [-0.4, -0.2) is 22.9 Å². The van der Waals surface area contributed by atoms with Gasteiger partial charge in [0.2, 0.25) is 0 Å². The third-order valence-corrected chi connectivity index (χ3v) is 3.29. The standard InChI is InChI=1S/C16H15N3O3/c1-9-4-3-5-12(17-9)16(21)18-11-6-7-14-13(8-11)19-15(20)10(2)22-14/h3-8,10H,1-2H3,(H,18,21)(H,19,20). The highest BCUT2D eigenvalue weighted by Crippen LogP contribution is 2.32. The van der Waals surface area contributed by atoms with Crippen molar-refractivity contribution < 1.29 is 14.3 Å². The van der Waals surface area contributed by atoms with Crippen LogP contribution in [0.3, 0.4) is 0 Å². The van der Waals surface area contributed by atoms with Crippen LogP contribution in [0.25, 0.3) is 0 Å². The summed E-state index contributed by atoms with van der Waals surface area (Å²) in [7, 11) is 0. The fraction of sp³-hybridized carbons (Fsp3) is 0.188. The molecule has 22 heavy (non-hydrogen) atoms. The number of ether oxygens (including phenoxy) is 1. The van der Waals surface area contributed by atoms with E-state index in [2.05, 4.69) is 15.6 Å². The van der Waals surface area contributed by atoms with Gasteiger partial charge >= 0.3 is 0 Å². The molecule has 1 unspecified atom stereocenters. The molecule has 0 fully saturated rings. The fourth-order valence-electron chi connectivity index (χ4n) is 2.15. The van der Waals surface area contributed by atoms with Gasteiger partial charge in [-0.05, 0) is 44.2 Å². The number of amides is 2. The minimum Gasteiger partial charge on any atom is -0.479 e. The maximum absolute atomic E-state index is 12.2. The number of benzene rings is 1. The second-order valence-electron chi connectivity index (χ2n) is 5.08. The van der Waals surface area contributed by atoms with Crippen molar-refractivity contribution in [1.29, 1.82) is 0 Å². The molecule has 2 N–H and O–H groups in total. The van der Waals surface area contributed by atoms with Gasteiger partial charge < -0.3 is 15.4 Å². The number of rotatable bonds is 2. The van der Waals surface area contributed by atoms with Gasteiger partial charge in [-0.2, -0.15) is 0 Å². The van der Waals surface area contributed by atoms with Crippen LogP contribution in [0.4, 0.5) is 11.4 Å². The SMILES string of the molecule is Cc1cccc(C(=O)Nc2ccc3c(c2)NC(=O)C(C)O3)n1. The number of pyridine rings is 1. The van der Waals surface area contributed by atoms with Gasteiger partial charge in [-0.1, -0.05) is 6.07 Å². The van der Waals surface area contributed by atoms with Crippen molar-refractivity contribution in [1.82, 2.24) is 4.98 Å². The molecule has 1 aliphatic heterocycles. The predicted octanol–water partition coefficient (Wildman–Crippen LogP) is 2.36. The Hall–Kier alpha value is -2.89. The molecular weight excluding hydrogens is 282 g/mol. The van der Waals surface area contributed by atoms with Crippen molar-refractivity contribution in [3.63, 3.8) is 0 Å². The Balaban J connectivity index is 1.80. The van der Waals surface area contributed by atoms with E-state index in [1.54, 1.807) is 37.3 Å². The molecule has 2 aromatic rings. The highest BCUT2D eigenvalue weighted by Gasteiger charge is 2.23. The molecule has 1 aliphatic rings. The summed E-state index contributed by atoms with van der Waals surface area (Å²) < 4.78 is 5.47. The second kappa shape index (κ2) is 5.48. The molecule has 6 heteroatoms.